The number of nitrogens with zero attached hydrogens (tertiary/aromatic N) is 1. The first-order valence-electron chi connectivity index (χ1n) is 5.81. The van der Waals surface area contributed by atoms with Crippen LogP contribution in [0.25, 0.3) is 0 Å². The molecule has 0 bridgehead atoms. The van der Waals surface area contributed by atoms with E-state index in [0.29, 0.717) is 11.8 Å². The molecule has 1 nitrogen and oxygen atoms in total. The Morgan fingerprint density at radius 2 is 2.00 bits per heavy atom. The minimum Gasteiger partial charge on any atom is -0.198 e. The van der Waals surface area contributed by atoms with Crippen molar-refractivity contribution >= 4 is 0 Å². The average molecular weight is 191 g/mol. The van der Waals surface area contributed by atoms with Crippen molar-refractivity contribution in [3.63, 3.8) is 0 Å². The predicted molar refractivity (Wildman–Crippen MR) is 59.8 cm³/mol. The fraction of sp³-hybridized carbons (Fsp3) is 0.769. The van der Waals surface area contributed by atoms with Crippen LogP contribution in [0.2, 0.25) is 0 Å². The summed E-state index contributed by atoms with van der Waals surface area (Å²) in [6.07, 6.45) is 14.3. The highest BCUT2D eigenvalue weighted by molar-refractivity contribution is 4.99. The third-order valence-electron chi connectivity index (χ3n) is 3.18. The quantitative estimate of drug-likeness (QED) is 0.472. The normalized spacial score (nSPS) is 20.0. The predicted octanol–water partition coefficient (Wildman–Crippen LogP) is 4.21. The van der Waals surface area contributed by atoms with E-state index in [-0.39, 0.29) is 0 Å². The second-order valence-electron chi connectivity index (χ2n) is 4.67. The maximum atomic E-state index is 8.37. The van der Waals surface area contributed by atoms with Gasteiger partial charge in [-0.2, -0.15) is 5.26 Å². The molecule has 0 aromatic carbocycles. The van der Waals surface area contributed by atoms with Crippen LogP contribution >= 0.6 is 0 Å². The largest absolute Gasteiger partial charge is 0.198 e. The minimum atomic E-state index is 0.495. The molecule has 0 atom stereocenters. The number of allylic oxidation sites excluding steroid dienone is 2. The first kappa shape index (κ1) is 11.3. The molecular formula is C13H21N. The lowest BCUT2D eigenvalue weighted by atomic mass is 9.88. The molecule has 0 heterocycles. The monoisotopic (exact) mass is 191 g/mol. The van der Waals surface area contributed by atoms with Crippen LogP contribution in [-0.4, -0.2) is 0 Å². The molecule has 0 aliphatic heterocycles. The molecule has 1 aliphatic carbocycles. The van der Waals surface area contributed by atoms with Crippen molar-refractivity contribution in [2.45, 2.75) is 58.3 Å². The van der Waals surface area contributed by atoms with E-state index in [0.717, 1.165) is 12.8 Å². The maximum absolute atomic E-state index is 8.37. The van der Waals surface area contributed by atoms with Crippen molar-refractivity contribution < 1.29 is 0 Å². The fourth-order valence-electron chi connectivity index (χ4n) is 2.18. The van der Waals surface area contributed by atoms with Crippen molar-refractivity contribution in [3.05, 3.63) is 12.2 Å². The van der Waals surface area contributed by atoms with Gasteiger partial charge in [0.1, 0.15) is 0 Å². The summed E-state index contributed by atoms with van der Waals surface area (Å²) >= 11 is 0. The molecule has 0 aromatic rings. The van der Waals surface area contributed by atoms with Crippen LogP contribution in [-0.2, 0) is 0 Å². The molecule has 0 radical (unpaired) electrons. The van der Waals surface area contributed by atoms with Crippen LogP contribution in [0.15, 0.2) is 12.2 Å². The smallest absolute Gasteiger partial charge is 0.0621 e. The molecule has 1 heteroatoms. The van der Waals surface area contributed by atoms with E-state index in [1.165, 1.54) is 32.1 Å². The highest BCUT2D eigenvalue weighted by atomic mass is 14.3. The standard InChI is InChI=1S/C13H21N/c1-13(10-6-7-11-13)9-5-3-2-4-8-12-14/h5,9H,2-4,6-8,10-11H2,1H3/b9-5-. The van der Waals surface area contributed by atoms with Crippen LogP contribution in [0, 0.1) is 16.7 Å². The zero-order valence-electron chi connectivity index (χ0n) is 9.26. The molecule has 1 rings (SSSR count). The summed E-state index contributed by atoms with van der Waals surface area (Å²) in [5.74, 6) is 0. The summed E-state index contributed by atoms with van der Waals surface area (Å²) < 4.78 is 0. The first-order valence-corrected chi connectivity index (χ1v) is 5.81. The van der Waals surface area contributed by atoms with Crippen molar-refractivity contribution in [2.24, 2.45) is 5.41 Å². The Hall–Kier alpha value is -0.770. The fourth-order valence-corrected chi connectivity index (χ4v) is 2.18. The van der Waals surface area contributed by atoms with Gasteiger partial charge in [-0.1, -0.05) is 31.9 Å². The van der Waals surface area contributed by atoms with E-state index in [9.17, 15) is 0 Å². The molecule has 78 valence electrons. The van der Waals surface area contributed by atoms with E-state index in [4.69, 9.17) is 5.26 Å². The maximum Gasteiger partial charge on any atom is 0.0621 e. The van der Waals surface area contributed by atoms with Gasteiger partial charge in [-0.3, -0.25) is 0 Å². The first-order chi connectivity index (χ1) is 6.77. The number of unbranched alkanes of at least 4 members (excludes halogenated alkanes) is 3. The Kier molecular flexibility index (Phi) is 4.73. The van der Waals surface area contributed by atoms with E-state index in [1.54, 1.807) is 0 Å². The second kappa shape index (κ2) is 5.86. The molecule has 0 unspecified atom stereocenters. The molecule has 0 saturated heterocycles. The van der Waals surface area contributed by atoms with Gasteiger partial charge in [0.2, 0.25) is 0 Å². The van der Waals surface area contributed by atoms with Gasteiger partial charge in [-0.05, 0) is 37.5 Å². The number of hydrogen-bond donors (Lipinski definition) is 0. The molecular weight excluding hydrogens is 170 g/mol. The third-order valence-corrected chi connectivity index (χ3v) is 3.18. The van der Waals surface area contributed by atoms with Gasteiger partial charge in [0.05, 0.1) is 6.07 Å². The van der Waals surface area contributed by atoms with E-state index in [2.05, 4.69) is 25.1 Å². The number of hydrogen-bond acceptors (Lipinski definition) is 1. The van der Waals surface area contributed by atoms with Gasteiger partial charge in [-0.25, -0.2) is 0 Å². The zero-order valence-corrected chi connectivity index (χ0v) is 9.26. The SMILES string of the molecule is CC1(/C=C\CCCCC#N)CCCC1. The summed E-state index contributed by atoms with van der Waals surface area (Å²) in [7, 11) is 0. The van der Waals surface area contributed by atoms with Gasteiger partial charge in [0, 0.05) is 6.42 Å². The van der Waals surface area contributed by atoms with Crippen LogP contribution in [0.4, 0.5) is 0 Å². The molecule has 0 aromatic heterocycles. The molecule has 1 aliphatic rings. The number of rotatable bonds is 5. The highest BCUT2D eigenvalue weighted by Gasteiger charge is 2.24. The van der Waals surface area contributed by atoms with Crippen LogP contribution < -0.4 is 0 Å². The lowest BCUT2D eigenvalue weighted by Gasteiger charge is -2.17. The molecule has 0 amide bonds. The lowest BCUT2D eigenvalue weighted by molar-refractivity contribution is 0.444. The Labute approximate surface area is 87.8 Å². The van der Waals surface area contributed by atoms with E-state index >= 15 is 0 Å². The van der Waals surface area contributed by atoms with Gasteiger partial charge >= 0.3 is 0 Å². The van der Waals surface area contributed by atoms with Crippen molar-refractivity contribution in [1.29, 1.82) is 5.26 Å². The van der Waals surface area contributed by atoms with Gasteiger partial charge in [0.15, 0.2) is 0 Å². The van der Waals surface area contributed by atoms with Crippen LogP contribution in [0.1, 0.15) is 58.3 Å². The summed E-state index contributed by atoms with van der Waals surface area (Å²) in [5, 5.41) is 8.37. The van der Waals surface area contributed by atoms with E-state index in [1.807, 2.05) is 0 Å². The topological polar surface area (TPSA) is 23.8 Å². The summed E-state index contributed by atoms with van der Waals surface area (Å²) in [6.45, 7) is 2.37. The second-order valence-corrected chi connectivity index (χ2v) is 4.67. The lowest BCUT2D eigenvalue weighted by Crippen LogP contribution is -2.05. The Morgan fingerprint density at radius 1 is 1.29 bits per heavy atom. The molecule has 0 spiro atoms. The highest BCUT2D eigenvalue weighted by Crippen LogP contribution is 2.38. The molecule has 0 N–H and O–H groups in total. The molecule has 1 fully saturated rings. The Balaban J connectivity index is 2.11. The number of nitriles is 1. The van der Waals surface area contributed by atoms with Gasteiger partial charge in [0.25, 0.3) is 0 Å². The van der Waals surface area contributed by atoms with Crippen molar-refractivity contribution in [2.75, 3.05) is 0 Å². The van der Waals surface area contributed by atoms with Crippen molar-refractivity contribution in [3.8, 4) is 6.07 Å². The zero-order chi connectivity index (χ0) is 10.3. The minimum absolute atomic E-state index is 0.495. The Morgan fingerprint density at radius 3 is 2.64 bits per heavy atom. The van der Waals surface area contributed by atoms with Crippen molar-refractivity contribution in [1.82, 2.24) is 0 Å². The van der Waals surface area contributed by atoms with Crippen LogP contribution in [0.3, 0.4) is 0 Å². The summed E-state index contributed by atoms with van der Waals surface area (Å²) in [5.41, 5.74) is 0.495. The Bertz CT molecular complexity index is 216. The van der Waals surface area contributed by atoms with Gasteiger partial charge in [-0.15, -0.1) is 0 Å². The van der Waals surface area contributed by atoms with Gasteiger partial charge < -0.3 is 0 Å². The summed E-state index contributed by atoms with van der Waals surface area (Å²) in [4.78, 5) is 0. The molecule has 1 saturated carbocycles. The summed E-state index contributed by atoms with van der Waals surface area (Å²) in [6, 6.07) is 2.18. The molecule has 14 heavy (non-hydrogen) atoms. The third kappa shape index (κ3) is 3.96. The van der Waals surface area contributed by atoms with E-state index < -0.39 is 0 Å². The average Bonchev–Trinajstić information content (AvgIpc) is 2.59. The van der Waals surface area contributed by atoms with Crippen LogP contribution in [0.5, 0.6) is 0 Å².